The smallest absolute Gasteiger partial charge is 0.413 e. The number of halogens is 3. The van der Waals surface area contributed by atoms with Gasteiger partial charge in [-0.15, -0.1) is 0 Å². The van der Waals surface area contributed by atoms with E-state index >= 15 is 0 Å². The second-order valence-corrected chi connectivity index (χ2v) is 4.87. The van der Waals surface area contributed by atoms with Crippen molar-refractivity contribution in [2.75, 3.05) is 13.7 Å². The van der Waals surface area contributed by atoms with Crippen LogP contribution in [0.2, 0.25) is 10.0 Å². The number of rotatable bonds is 4. The number of nitrogens with one attached hydrogen (secondary N) is 1. The summed E-state index contributed by atoms with van der Waals surface area (Å²) in [5, 5.41) is 3.87. The Morgan fingerprint density at radius 1 is 1.40 bits per heavy atom. The molecule has 1 aromatic carbocycles. The molecule has 0 radical (unpaired) electrons. The SMILES string of the molecule is COC(=O)NC(=O)C[NH2+][C@@H](C)c1cc(F)c(Cl)cc1Cl. The molecule has 0 aliphatic carbocycles. The van der Waals surface area contributed by atoms with Crippen molar-refractivity contribution >= 4 is 35.2 Å². The summed E-state index contributed by atoms with van der Waals surface area (Å²) in [5.74, 6) is -1.10. The van der Waals surface area contributed by atoms with Crippen LogP contribution in [-0.2, 0) is 9.53 Å². The molecule has 5 nitrogen and oxygen atoms in total. The molecule has 1 rings (SSSR count). The van der Waals surface area contributed by atoms with Gasteiger partial charge in [-0.3, -0.25) is 10.1 Å². The molecule has 0 aliphatic rings. The molecule has 0 saturated heterocycles. The topological polar surface area (TPSA) is 72.0 Å². The van der Waals surface area contributed by atoms with E-state index in [2.05, 4.69) is 4.74 Å². The highest BCUT2D eigenvalue weighted by molar-refractivity contribution is 6.35. The zero-order valence-corrected chi connectivity index (χ0v) is 12.4. The van der Waals surface area contributed by atoms with Crippen LogP contribution in [0.25, 0.3) is 0 Å². The molecule has 0 aromatic heterocycles. The van der Waals surface area contributed by atoms with Crippen molar-refractivity contribution in [3.63, 3.8) is 0 Å². The van der Waals surface area contributed by atoms with Gasteiger partial charge in [-0.1, -0.05) is 23.2 Å². The summed E-state index contributed by atoms with van der Waals surface area (Å²) in [5.41, 5.74) is 0.513. The first kappa shape index (κ1) is 16.7. The number of hydrogen-bond acceptors (Lipinski definition) is 3. The van der Waals surface area contributed by atoms with Crippen LogP contribution in [-0.4, -0.2) is 25.7 Å². The van der Waals surface area contributed by atoms with Crippen molar-refractivity contribution in [2.45, 2.75) is 13.0 Å². The summed E-state index contributed by atoms with van der Waals surface area (Å²) < 4.78 is 17.7. The lowest BCUT2D eigenvalue weighted by molar-refractivity contribution is -0.682. The Labute approximate surface area is 125 Å². The first-order valence-corrected chi connectivity index (χ1v) is 6.46. The summed E-state index contributed by atoms with van der Waals surface area (Å²) in [7, 11) is 1.16. The second-order valence-electron chi connectivity index (χ2n) is 4.06. The first-order chi connectivity index (χ1) is 9.35. The van der Waals surface area contributed by atoms with Crippen LogP contribution < -0.4 is 10.6 Å². The second kappa shape index (κ2) is 7.42. The van der Waals surface area contributed by atoms with E-state index in [4.69, 9.17) is 23.2 Å². The van der Waals surface area contributed by atoms with Crippen molar-refractivity contribution in [1.82, 2.24) is 5.32 Å². The van der Waals surface area contributed by atoms with Crippen molar-refractivity contribution in [2.24, 2.45) is 0 Å². The Morgan fingerprint density at radius 3 is 2.65 bits per heavy atom. The van der Waals surface area contributed by atoms with Gasteiger partial charge >= 0.3 is 6.09 Å². The van der Waals surface area contributed by atoms with E-state index in [1.54, 1.807) is 12.2 Å². The van der Waals surface area contributed by atoms with Crippen molar-refractivity contribution in [1.29, 1.82) is 0 Å². The standard InChI is InChI=1S/C12H13Cl2FN2O3/c1-6(16-5-11(18)17-12(19)20-2)7-3-10(15)9(14)4-8(7)13/h3-4,6,16H,5H2,1-2H3,(H,17,18,19)/p+1/t6-/m0/s1. The molecule has 0 unspecified atom stereocenters. The van der Waals surface area contributed by atoms with Gasteiger partial charge in [0.15, 0.2) is 6.54 Å². The molecule has 1 aromatic rings. The number of carbonyl (C=O) groups excluding carboxylic acids is 2. The molecular formula is C12H14Cl2FN2O3+. The average molecular weight is 324 g/mol. The minimum atomic E-state index is -0.827. The first-order valence-electron chi connectivity index (χ1n) is 5.70. The fourth-order valence-electron chi connectivity index (χ4n) is 1.51. The highest BCUT2D eigenvalue weighted by Gasteiger charge is 2.18. The molecule has 8 heteroatoms. The van der Waals surface area contributed by atoms with E-state index in [-0.39, 0.29) is 17.6 Å². The van der Waals surface area contributed by atoms with Gasteiger partial charge in [-0.25, -0.2) is 9.18 Å². The van der Waals surface area contributed by atoms with Gasteiger partial charge in [0.2, 0.25) is 0 Å². The molecule has 0 fully saturated rings. The predicted molar refractivity (Wildman–Crippen MR) is 72.2 cm³/mol. The lowest BCUT2D eigenvalue weighted by Gasteiger charge is -2.13. The number of imide groups is 1. The van der Waals surface area contributed by atoms with Crippen molar-refractivity contribution in [3.8, 4) is 0 Å². The van der Waals surface area contributed by atoms with Gasteiger partial charge in [0.25, 0.3) is 5.91 Å². The van der Waals surface area contributed by atoms with Gasteiger partial charge in [0.05, 0.1) is 17.2 Å². The van der Waals surface area contributed by atoms with Crippen LogP contribution in [0.3, 0.4) is 0 Å². The summed E-state index contributed by atoms with van der Waals surface area (Å²) in [4.78, 5) is 22.2. The molecule has 0 aliphatic heterocycles. The average Bonchev–Trinajstić information content (AvgIpc) is 2.40. The quantitative estimate of drug-likeness (QED) is 0.827. The van der Waals surface area contributed by atoms with Gasteiger partial charge in [-0.2, -0.15) is 0 Å². The van der Waals surface area contributed by atoms with Gasteiger partial charge in [0, 0.05) is 5.56 Å². The highest BCUT2D eigenvalue weighted by atomic mass is 35.5. The number of amides is 2. The maximum atomic E-state index is 13.4. The van der Waals surface area contributed by atoms with Crippen LogP contribution in [0.15, 0.2) is 12.1 Å². The van der Waals surface area contributed by atoms with E-state index in [0.29, 0.717) is 10.6 Å². The third kappa shape index (κ3) is 4.63. The number of benzene rings is 1. The lowest BCUT2D eigenvalue weighted by atomic mass is 10.1. The summed E-state index contributed by atoms with van der Waals surface area (Å²) in [6.07, 6.45) is -0.827. The van der Waals surface area contributed by atoms with Gasteiger partial charge < -0.3 is 10.1 Å². The van der Waals surface area contributed by atoms with Crippen molar-refractivity contribution < 1.29 is 24.0 Å². The summed E-state index contributed by atoms with van der Waals surface area (Å²) in [6, 6.07) is 2.26. The van der Waals surface area contributed by atoms with Crippen LogP contribution in [0.1, 0.15) is 18.5 Å². The normalized spacial score (nSPS) is 11.8. The van der Waals surface area contributed by atoms with E-state index in [0.717, 1.165) is 7.11 Å². The van der Waals surface area contributed by atoms with E-state index in [1.165, 1.54) is 12.1 Å². The third-order valence-corrected chi connectivity index (χ3v) is 3.23. The Hall–Kier alpha value is -1.37. The number of methoxy groups -OCH3 is 1. The molecule has 20 heavy (non-hydrogen) atoms. The Bertz CT molecular complexity index is 526. The predicted octanol–water partition coefficient (Wildman–Crippen LogP) is 1.64. The van der Waals surface area contributed by atoms with Gasteiger partial charge in [-0.05, 0) is 19.1 Å². The molecule has 0 spiro atoms. The third-order valence-electron chi connectivity index (χ3n) is 2.61. The number of nitrogens with two attached hydrogens (primary N) is 1. The highest BCUT2D eigenvalue weighted by Crippen LogP contribution is 2.27. The monoisotopic (exact) mass is 323 g/mol. The number of alkyl carbamates (subject to hydrolysis) is 1. The van der Waals surface area contributed by atoms with Crippen molar-refractivity contribution in [3.05, 3.63) is 33.6 Å². The maximum absolute atomic E-state index is 13.4. The Balaban J connectivity index is 2.63. The Kier molecular flexibility index (Phi) is 6.19. The molecular weight excluding hydrogens is 310 g/mol. The fourth-order valence-corrected chi connectivity index (χ4v) is 2.07. The van der Waals surface area contributed by atoms with E-state index in [9.17, 15) is 14.0 Å². The number of ether oxygens (including phenoxy) is 1. The zero-order chi connectivity index (χ0) is 15.3. The van der Waals surface area contributed by atoms with Crippen LogP contribution in [0.5, 0.6) is 0 Å². The fraction of sp³-hybridized carbons (Fsp3) is 0.333. The summed E-state index contributed by atoms with van der Waals surface area (Å²) in [6.45, 7) is 1.72. The number of hydrogen-bond donors (Lipinski definition) is 2. The van der Waals surface area contributed by atoms with E-state index in [1.807, 2.05) is 5.32 Å². The minimum absolute atomic E-state index is 0.0309. The summed E-state index contributed by atoms with van der Waals surface area (Å²) >= 11 is 11.6. The molecule has 0 saturated carbocycles. The van der Waals surface area contributed by atoms with Crippen LogP contribution in [0, 0.1) is 5.82 Å². The maximum Gasteiger partial charge on any atom is 0.413 e. The zero-order valence-electron chi connectivity index (χ0n) is 10.9. The molecule has 110 valence electrons. The van der Waals surface area contributed by atoms with Crippen LogP contribution >= 0.6 is 23.2 Å². The van der Waals surface area contributed by atoms with E-state index < -0.39 is 17.8 Å². The molecule has 0 heterocycles. The largest absolute Gasteiger partial charge is 0.453 e. The molecule has 3 N–H and O–H groups in total. The number of quaternary nitrogens is 1. The minimum Gasteiger partial charge on any atom is -0.453 e. The molecule has 2 amide bonds. The molecule has 0 bridgehead atoms. The Morgan fingerprint density at radius 2 is 2.05 bits per heavy atom. The van der Waals surface area contributed by atoms with Crippen LogP contribution in [0.4, 0.5) is 9.18 Å². The number of carbonyl (C=O) groups is 2. The lowest BCUT2D eigenvalue weighted by Crippen LogP contribution is -2.87. The molecule has 1 atom stereocenters. The van der Waals surface area contributed by atoms with Gasteiger partial charge in [0.1, 0.15) is 11.9 Å².